The number of rotatable bonds is 8. The first-order valence-electron chi connectivity index (χ1n) is 13.7. The van der Waals surface area contributed by atoms with Gasteiger partial charge in [-0.05, 0) is 74.4 Å². The molecule has 1 aliphatic carbocycles. The van der Waals surface area contributed by atoms with E-state index >= 15 is 0 Å². The summed E-state index contributed by atoms with van der Waals surface area (Å²) in [6.45, 7) is 0.347. The molecule has 6 rings (SSSR count). The second kappa shape index (κ2) is 11.0. The van der Waals surface area contributed by atoms with Gasteiger partial charge in [-0.15, -0.1) is 0 Å². The van der Waals surface area contributed by atoms with E-state index in [2.05, 4.69) is 15.3 Å². The van der Waals surface area contributed by atoms with Crippen LogP contribution in [-0.2, 0) is 5.60 Å². The number of amides is 1. The molecule has 0 bridgehead atoms. The maximum Gasteiger partial charge on any atom is 0.399 e. The lowest BCUT2D eigenvalue weighted by atomic mass is 9.93. The van der Waals surface area contributed by atoms with E-state index in [1.54, 1.807) is 36.7 Å². The summed E-state index contributed by atoms with van der Waals surface area (Å²) in [4.78, 5) is 21.8. The smallest absolute Gasteiger partial charge is 0.399 e. The molecule has 1 saturated carbocycles. The number of hydrogen-bond donors (Lipinski definition) is 2. The van der Waals surface area contributed by atoms with Crippen molar-refractivity contribution in [2.45, 2.75) is 43.6 Å². The summed E-state index contributed by atoms with van der Waals surface area (Å²) < 4.78 is 66.6. The number of carbonyl (C=O) groups excluding carboxylic acids is 1. The average Bonchev–Trinajstić information content (AvgIpc) is 3.69. The minimum absolute atomic E-state index is 0.0400. The predicted octanol–water partition coefficient (Wildman–Crippen LogP) is 6.17. The van der Waals surface area contributed by atoms with Crippen LogP contribution < -0.4 is 14.8 Å². The summed E-state index contributed by atoms with van der Waals surface area (Å²) >= 11 is 0. The fourth-order valence-corrected chi connectivity index (χ4v) is 4.90. The molecule has 222 valence electrons. The van der Waals surface area contributed by atoms with Crippen LogP contribution in [0.15, 0.2) is 73.1 Å². The molecule has 1 unspecified atom stereocenters. The van der Waals surface area contributed by atoms with Gasteiger partial charge in [0.05, 0.1) is 18.3 Å². The van der Waals surface area contributed by atoms with Gasteiger partial charge in [0.25, 0.3) is 5.91 Å². The van der Waals surface area contributed by atoms with Gasteiger partial charge >= 0.3 is 6.18 Å². The molecule has 1 fully saturated rings. The van der Waals surface area contributed by atoms with Crippen molar-refractivity contribution >= 4 is 5.91 Å². The largest absolute Gasteiger partial charge is 0.490 e. The SMILES string of the molecule is CC(O)(CNC(=O)c1ccc(OC2CC2)c(-c2cccnc2)c1)c1cc2c(c(-c3ccc(F)cc3)n1)OC[C@H]2C(F)(F)F. The maximum absolute atomic E-state index is 13.9. The summed E-state index contributed by atoms with van der Waals surface area (Å²) in [5.41, 5.74) is -0.0715. The fourth-order valence-electron chi connectivity index (χ4n) is 4.90. The second-order valence-electron chi connectivity index (χ2n) is 10.9. The molecular weight excluding hydrogens is 566 g/mol. The quantitative estimate of drug-likeness (QED) is 0.238. The van der Waals surface area contributed by atoms with Crippen LogP contribution in [0.4, 0.5) is 17.6 Å². The highest BCUT2D eigenvalue weighted by Crippen LogP contribution is 2.48. The number of alkyl halides is 3. The third-order valence-electron chi connectivity index (χ3n) is 7.46. The Labute approximate surface area is 244 Å². The van der Waals surface area contributed by atoms with E-state index in [0.29, 0.717) is 16.9 Å². The van der Waals surface area contributed by atoms with Crippen LogP contribution in [0.3, 0.4) is 0 Å². The van der Waals surface area contributed by atoms with E-state index in [9.17, 15) is 27.5 Å². The van der Waals surface area contributed by atoms with Crippen LogP contribution in [-0.4, -0.2) is 46.4 Å². The molecule has 11 heteroatoms. The monoisotopic (exact) mass is 593 g/mol. The summed E-state index contributed by atoms with van der Waals surface area (Å²) in [6.07, 6.45) is 0.745. The number of pyridine rings is 2. The number of nitrogens with one attached hydrogen (secondary N) is 1. The average molecular weight is 594 g/mol. The lowest BCUT2D eigenvalue weighted by Gasteiger charge is -2.25. The maximum atomic E-state index is 13.9. The molecule has 2 N–H and O–H groups in total. The van der Waals surface area contributed by atoms with Crippen molar-refractivity contribution in [1.82, 2.24) is 15.3 Å². The Kier molecular flexibility index (Phi) is 7.29. The number of hydrogen-bond acceptors (Lipinski definition) is 6. The molecule has 2 aliphatic rings. The number of halogens is 4. The normalized spacial score (nSPS) is 17.5. The number of aliphatic hydroxyl groups is 1. The summed E-state index contributed by atoms with van der Waals surface area (Å²) in [7, 11) is 0. The molecule has 1 aliphatic heterocycles. The van der Waals surface area contributed by atoms with Crippen molar-refractivity contribution in [3.8, 4) is 33.9 Å². The van der Waals surface area contributed by atoms with Crippen molar-refractivity contribution in [3.63, 3.8) is 0 Å². The Hall–Kier alpha value is -4.51. The highest BCUT2D eigenvalue weighted by Gasteiger charge is 2.47. The molecule has 3 heterocycles. The molecule has 0 spiro atoms. The number of carbonyl (C=O) groups is 1. The van der Waals surface area contributed by atoms with Crippen molar-refractivity contribution < 1.29 is 36.9 Å². The highest BCUT2D eigenvalue weighted by molar-refractivity contribution is 5.96. The number of aromatic nitrogens is 2. The summed E-state index contributed by atoms with van der Waals surface area (Å²) in [6, 6.07) is 14.8. The number of ether oxygens (including phenoxy) is 2. The zero-order valence-corrected chi connectivity index (χ0v) is 23.0. The summed E-state index contributed by atoms with van der Waals surface area (Å²) in [5.74, 6) is -2.43. The number of fused-ring (bicyclic) bond motifs is 1. The van der Waals surface area contributed by atoms with Crippen molar-refractivity contribution in [2.24, 2.45) is 0 Å². The van der Waals surface area contributed by atoms with Crippen molar-refractivity contribution in [3.05, 3.63) is 95.7 Å². The first kappa shape index (κ1) is 28.6. The first-order valence-corrected chi connectivity index (χ1v) is 13.7. The van der Waals surface area contributed by atoms with Gasteiger partial charge in [0.15, 0.2) is 0 Å². The lowest BCUT2D eigenvalue weighted by Crippen LogP contribution is -2.39. The zero-order chi connectivity index (χ0) is 30.4. The molecule has 0 saturated heterocycles. The van der Waals surface area contributed by atoms with Crippen LogP contribution in [0.25, 0.3) is 22.4 Å². The molecule has 2 aromatic carbocycles. The predicted molar refractivity (Wildman–Crippen MR) is 149 cm³/mol. The molecule has 4 aromatic rings. The van der Waals surface area contributed by atoms with Gasteiger partial charge in [-0.25, -0.2) is 9.37 Å². The van der Waals surface area contributed by atoms with Crippen LogP contribution in [0.1, 0.15) is 47.3 Å². The molecule has 1 amide bonds. The van der Waals surface area contributed by atoms with E-state index < -0.39 is 36.0 Å². The minimum atomic E-state index is -4.61. The van der Waals surface area contributed by atoms with Gasteiger partial charge in [-0.3, -0.25) is 9.78 Å². The van der Waals surface area contributed by atoms with Crippen LogP contribution in [0, 0.1) is 5.82 Å². The van der Waals surface area contributed by atoms with E-state index in [0.717, 1.165) is 36.6 Å². The molecule has 2 atom stereocenters. The number of nitrogens with zero attached hydrogens (tertiary/aromatic N) is 2. The fraction of sp³-hybridized carbons (Fsp3) is 0.281. The topological polar surface area (TPSA) is 93.6 Å². The summed E-state index contributed by atoms with van der Waals surface area (Å²) in [5, 5.41) is 14.1. The zero-order valence-electron chi connectivity index (χ0n) is 23.0. The van der Waals surface area contributed by atoms with Crippen molar-refractivity contribution in [1.29, 1.82) is 0 Å². The second-order valence-corrected chi connectivity index (χ2v) is 10.9. The van der Waals surface area contributed by atoms with E-state index in [1.807, 2.05) is 6.07 Å². The first-order chi connectivity index (χ1) is 20.5. The van der Waals surface area contributed by atoms with Gasteiger partial charge in [0.1, 0.15) is 41.1 Å². The standard InChI is InChI=1S/C32H27F4N3O4/c1-31(41,17-38-30(40)19-6-11-26(43-22-9-10-22)23(13-19)20-3-2-12-37-15-20)27-14-24-25(32(34,35)36)16-42-29(24)28(39-27)18-4-7-21(33)8-5-18/h2-8,11-15,22,25,41H,9-10,16-17H2,1H3,(H,38,40)/t25-,31?/m1/s1. The third-order valence-corrected chi connectivity index (χ3v) is 7.46. The number of benzene rings is 2. The Morgan fingerprint density at radius 1 is 1.09 bits per heavy atom. The Morgan fingerprint density at radius 2 is 1.86 bits per heavy atom. The van der Waals surface area contributed by atoms with Crippen LogP contribution in [0.2, 0.25) is 0 Å². The Bertz CT molecular complexity index is 1660. The molecule has 7 nitrogen and oxygen atoms in total. The Morgan fingerprint density at radius 3 is 2.53 bits per heavy atom. The third kappa shape index (κ3) is 6.03. The highest BCUT2D eigenvalue weighted by atomic mass is 19.4. The van der Waals surface area contributed by atoms with Crippen LogP contribution >= 0.6 is 0 Å². The van der Waals surface area contributed by atoms with Gasteiger partial charge < -0.3 is 19.9 Å². The Balaban J connectivity index is 1.29. The molecular formula is C32H27F4N3O4. The minimum Gasteiger partial charge on any atom is -0.490 e. The molecule has 2 aromatic heterocycles. The van der Waals surface area contributed by atoms with Crippen LogP contribution in [0.5, 0.6) is 11.5 Å². The van der Waals surface area contributed by atoms with Crippen molar-refractivity contribution in [2.75, 3.05) is 13.2 Å². The van der Waals surface area contributed by atoms with Gasteiger partial charge in [0, 0.05) is 40.2 Å². The molecule has 43 heavy (non-hydrogen) atoms. The van der Waals surface area contributed by atoms with Gasteiger partial charge in [-0.2, -0.15) is 13.2 Å². The van der Waals surface area contributed by atoms with Gasteiger partial charge in [-0.1, -0.05) is 6.07 Å². The van der Waals surface area contributed by atoms with E-state index in [1.165, 1.54) is 19.1 Å². The van der Waals surface area contributed by atoms with E-state index in [-0.39, 0.29) is 40.9 Å². The molecule has 0 radical (unpaired) electrons. The lowest BCUT2D eigenvalue weighted by molar-refractivity contribution is -0.151. The van der Waals surface area contributed by atoms with Gasteiger partial charge in [0.2, 0.25) is 0 Å². The van der Waals surface area contributed by atoms with E-state index in [4.69, 9.17) is 9.47 Å².